The molecule has 2 aromatic rings. The van der Waals surface area contributed by atoms with Gasteiger partial charge in [-0.1, -0.05) is 0 Å². The molecule has 0 radical (unpaired) electrons. The maximum atomic E-state index is 13.7. The van der Waals surface area contributed by atoms with Crippen molar-refractivity contribution in [3.8, 4) is 17.0 Å². The van der Waals surface area contributed by atoms with Gasteiger partial charge < -0.3 is 9.84 Å². The summed E-state index contributed by atoms with van der Waals surface area (Å²) in [5, 5.41) is 8.84. The lowest BCUT2D eigenvalue weighted by Crippen LogP contribution is -2.16. The zero-order valence-electron chi connectivity index (χ0n) is 9.99. The van der Waals surface area contributed by atoms with Crippen molar-refractivity contribution in [1.82, 2.24) is 4.98 Å². The van der Waals surface area contributed by atoms with E-state index < -0.39 is 17.9 Å². The smallest absolute Gasteiger partial charge is 0.406 e. The molecule has 0 saturated heterocycles. The monoisotopic (exact) mass is 287 g/mol. The molecule has 0 aliphatic rings. The van der Waals surface area contributed by atoms with E-state index in [9.17, 15) is 17.6 Å². The summed E-state index contributed by atoms with van der Waals surface area (Å²) in [5.74, 6) is -1.06. The van der Waals surface area contributed by atoms with Gasteiger partial charge in [-0.2, -0.15) is 0 Å². The Kier molecular flexibility index (Phi) is 3.89. The number of ether oxygens (including phenoxy) is 1. The summed E-state index contributed by atoms with van der Waals surface area (Å²) in [7, 11) is 0. The van der Waals surface area contributed by atoms with Gasteiger partial charge in [0, 0.05) is 11.8 Å². The molecule has 7 heteroatoms. The molecule has 0 aliphatic carbocycles. The van der Waals surface area contributed by atoms with Gasteiger partial charge in [-0.05, 0) is 35.9 Å². The molecule has 0 atom stereocenters. The summed E-state index contributed by atoms with van der Waals surface area (Å²) in [6.45, 7) is -0.345. The maximum absolute atomic E-state index is 13.7. The number of hydrogen-bond donors (Lipinski definition) is 1. The van der Waals surface area contributed by atoms with Gasteiger partial charge in [-0.3, -0.25) is 4.98 Å². The van der Waals surface area contributed by atoms with E-state index in [0.29, 0.717) is 11.1 Å². The lowest BCUT2D eigenvalue weighted by molar-refractivity contribution is -0.274. The van der Waals surface area contributed by atoms with E-state index in [1.54, 1.807) is 0 Å². The topological polar surface area (TPSA) is 42.4 Å². The fraction of sp³-hybridized carbons (Fsp3) is 0.154. The highest BCUT2D eigenvalue weighted by Crippen LogP contribution is 2.27. The predicted molar refractivity (Wildman–Crippen MR) is 62.2 cm³/mol. The molecule has 1 N–H and O–H groups in total. The Morgan fingerprint density at radius 2 is 1.80 bits per heavy atom. The summed E-state index contributed by atoms with van der Waals surface area (Å²) in [6.07, 6.45) is -3.48. The molecule has 3 nitrogen and oxygen atoms in total. The molecular weight excluding hydrogens is 278 g/mol. The summed E-state index contributed by atoms with van der Waals surface area (Å²) in [4.78, 5) is 3.83. The Morgan fingerprint density at radius 1 is 1.15 bits per heavy atom. The van der Waals surface area contributed by atoms with Gasteiger partial charge in [0.05, 0.1) is 6.61 Å². The maximum Gasteiger partial charge on any atom is 0.573 e. The van der Waals surface area contributed by atoms with Crippen molar-refractivity contribution in [2.24, 2.45) is 0 Å². The molecule has 106 valence electrons. The third kappa shape index (κ3) is 3.45. The van der Waals surface area contributed by atoms with E-state index in [-0.39, 0.29) is 12.3 Å². The lowest BCUT2D eigenvalue weighted by atomic mass is 10.1. The number of pyridine rings is 1. The summed E-state index contributed by atoms with van der Waals surface area (Å²) in [5.41, 5.74) is 0.602. The fourth-order valence-electron chi connectivity index (χ4n) is 1.59. The number of benzene rings is 1. The van der Waals surface area contributed by atoms with E-state index in [2.05, 4.69) is 9.72 Å². The van der Waals surface area contributed by atoms with E-state index in [4.69, 9.17) is 5.11 Å². The Bertz CT molecular complexity index is 596. The minimum atomic E-state index is -4.77. The van der Waals surface area contributed by atoms with Crippen LogP contribution in [0, 0.1) is 5.82 Å². The largest absolute Gasteiger partial charge is 0.573 e. The number of alkyl halides is 3. The highest BCUT2D eigenvalue weighted by Gasteiger charge is 2.31. The van der Waals surface area contributed by atoms with Crippen molar-refractivity contribution in [1.29, 1.82) is 0 Å². The zero-order valence-corrected chi connectivity index (χ0v) is 9.99. The van der Waals surface area contributed by atoms with Crippen LogP contribution in [-0.2, 0) is 6.61 Å². The highest BCUT2D eigenvalue weighted by molar-refractivity contribution is 5.60. The molecule has 20 heavy (non-hydrogen) atoms. The van der Waals surface area contributed by atoms with Crippen LogP contribution in [-0.4, -0.2) is 16.5 Å². The van der Waals surface area contributed by atoms with Gasteiger partial charge in [-0.25, -0.2) is 4.39 Å². The second-order valence-corrected chi connectivity index (χ2v) is 3.90. The molecule has 0 spiro atoms. The van der Waals surface area contributed by atoms with Crippen LogP contribution in [0.4, 0.5) is 17.6 Å². The minimum Gasteiger partial charge on any atom is -0.406 e. The first kappa shape index (κ1) is 14.3. The fourth-order valence-corrected chi connectivity index (χ4v) is 1.59. The third-order valence-corrected chi connectivity index (χ3v) is 2.44. The van der Waals surface area contributed by atoms with E-state index in [1.165, 1.54) is 18.3 Å². The summed E-state index contributed by atoms with van der Waals surface area (Å²) in [6, 6.07) is 5.80. The van der Waals surface area contributed by atoms with E-state index in [1.807, 2.05) is 0 Å². The number of halogens is 4. The number of aliphatic hydroxyl groups excluding tert-OH is 1. The van der Waals surface area contributed by atoms with Crippen molar-refractivity contribution < 1.29 is 27.4 Å². The van der Waals surface area contributed by atoms with Gasteiger partial charge in [0.1, 0.15) is 17.3 Å². The average Bonchev–Trinajstić information content (AvgIpc) is 2.38. The van der Waals surface area contributed by atoms with Crippen molar-refractivity contribution in [3.05, 3.63) is 47.9 Å². The number of hydrogen-bond acceptors (Lipinski definition) is 3. The van der Waals surface area contributed by atoms with Crippen LogP contribution in [0.3, 0.4) is 0 Å². The SMILES string of the molecule is OCc1cnc(-c2ccc(OC(F)(F)F)cc2)c(F)c1. The standard InChI is InChI=1S/C13H9F4NO2/c14-11-5-8(7-19)6-18-12(11)9-1-3-10(4-2-9)20-13(15,16)17/h1-6,19H,7H2. The molecule has 0 fully saturated rings. The van der Waals surface area contributed by atoms with Crippen molar-refractivity contribution in [2.75, 3.05) is 0 Å². The van der Waals surface area contributed by atoms with Crippen LogP contribution in [0.15, 0.2) is 36.5 Å². The molecule has 0 bridgehead atoms. The lowest BCUT2D eigenvalue weighted by Gasteiger charge is -2.09. The highest BCUT2D eigenvalue weighted by atomic mass is 19.4. The Labute approximate surface area is 111 Å². The van der Waals surface area contributed by atoms with E-state index >= 15 is 0 Å². The molecule has 0 saturated carbocycles. The van der Waals surface area contributed by atoms with Gasteiger partial charge >= 0.3 is 6.36 Å². The predicted octanol–water partition coefficient (Wildman–Crippen LogP) is 3.28. The van der Waals surface area contributed by atoms with Crippen LogP contribution in [0.2, 0.25) is 0 Å². The van der Waals surface area contributed by atoms with Crippen LogP contribution in [0.25, 0.3) is 11.3 Å². The van der Waals surface area contributed by atoms with Crippen molar-refractivity contribution >= 4 is 0 Å². The van der Waals surface area contributed by atoms with E-state index in [0.717, 1.165) is 18.2 Å². The minimum absolute atomic E-state index is 0.0132. The van der Waals surface area contributed by atoms with Crippen molar-refractivity contribution in [3.63, 3.8) is 0 Å². The molecule has 0 unspecified atom stereocenters. The molecule has 2 rings (SSSR count). The second-order valence-electron chi connectivity index (χ2n) is 3.90. The first-order chi connectivity index (χ1) is 9.39. The quantitative estimate of drug-likeness (QED) is 0.881. The second kappa shape index (κ2) is 5.46. The zero-order chi connectivity index (χ0) is 14.8. The first-order valence-electron chi connectivity index (χ1n) is 5.50. The van der Waals surface area contributed by atoms with Crippen molar-refractivity contribution in [2.45, 2.75) is 13.0 Å². The molecule has 0 aliphatic heterocycles. The van der Waals surface area contributed by atoms with Gasteiger partial charge in [0.2, 0.25) is 0 Å². The third-order valence-electron chi connectivity index (χ3n) is 2.44. The Hall–Kier alpha value is -2.15. The van der Waals surface area contributed by atoms with Gasteiger partial charge in [0.25, 0.3) is 0 Å². The number of aromatic nitrogens is 1. The molecule has 1 aromatic heterocycles. The van der Waals surface area contributed by atoms with Crippen LogP contribution in [0.1, 0.15) is 5.56 Å². The summed E-state index contributed by atoms with van der Waals surface area (Å²) < 4.78 is 53.4. The Balaban J connectivity index is 2.26. The summed E-state index contributed by atoms with van der Waals surface area (Å²) >= 11 is 0. The van der Waals surface area contributed by atoms with Gasteiger partial charge in [0.15, 0.2) is 0 Å². The number of nitrogens with zero attached hydrogens (tertiary/aromatic N) is 1. The molecule has 1 heterocycles. The molecule has 1 aromatic carbocycles. The average molecular weight is 287 g/mol. The van der Waals surface area contributed by atoms with Crippen LogP contribution in [0.5, 0.6) is 5.75 Å². The van der Waals surface area contributed by atoms with Gasteiger partial charge in [-0.15, -0.1) is 13.2 Å². The normalized spacial score (nSPS) is 11.4. The number of aliphatic hydroxyl groups is 1. The van der Waals surface area contributed by atoms with Crippen LogP contribution >= 0.6 is 0 Å². The van der Waals surface area contributed by atoms with Crippen LogP contribution < -0.4 is 4.74 Å². The number of rotatable bonds is 3. The first-order valence-corrected chi connectivity index (χ1v) is 5.50. The molecule has 0 amide bonds. The Morgan fingerprint density at radius 3 is 2.30 bits per heavy atom. The molecular formula is C13H9F4NO2.